The molecule has 0 amide bonds. The molecule has 0 spiro atoms. The summed E-state index contributed by atoms with van der Waals surface area (Å²) in [6, 6.07) is 0. The lowest BCUT2D eigenvalue weighted by Gasteiger charge is -2.47. The summed E-state index contributed by atoms with van der Waals surface area (Å²) in [5.41, 5.74) is 6.95. The molecular weight excluding hydrogens is 194 g/mol. The van der Waals surface area contributed by atoms with Crippen LogP contribution in [-0.4, -0.2) is 5.54 Å². The van der Waals surface area contributed by atoms with E-state index in [1.54, 1.807) is 0 Å². The second-order valence-corrected chi connectivity index (χ2v) is 7.06. The first-order valence-corrected chi connectivity index (χ1v) is 7.28. The third kappa shape index (κ3) is 2.61. The molecule has 2 rings (SSSR count). The molecule has 4 atom stereocenters. The SMILES string of the molecule is CC1CCCC(C2(N)CC(C)CC(C)C2)C1. The highest BCUT2D eigenvalue weighted by Crippen LogP contribution is 2.44. The Morgan fingerprint density at radius 2 is 1.50 bits per heavy atom. The van der Waals surface area contributed by atoms with E-state index >= 15 is 0 Å². The molecule has 0 aromatic heterocycles. The quantitative estimate of drug-likeness (QED) is 0.715. The van der Waals surface area contributed by atoms with E-state index in [2.05, 4.69) is 20.8 Å². The van der Waals surface area contributed by atoms with Crippen LogP contribution in [0.4, 0.5) is 0 Å². The summed E-state index contributed by atoms with van der Waals surface area (Å²) in [6.45, 7) is 7.19. The summed E-state index contributed by atoms with van der Waals surface area (Å²) >= 11 is 0. The summed E-state index contributed by atoms with van der Waals surface area (Å²) < 4.78 is 0. The van der Waals surface area contributed by atoms with E-state index in [0.717, 1.165) is 23.7 Å². The summed E-state index contributed by atoms with van der Waals surface area (Å²) in [5.74, 6) is 3.39. The predicted molar refractivity (Wildman–Crippen MR) is 70.2 cm³/mol. The Bertz CT molecular complexity index is 226. The highest BCUT2D eigenvalue weighted by molar-refractivity contribution is 4.98. The van der Waals surface area contributed by atoms with Crippen LogP contribution in [0.2, 0.25) is 0 Å². The fourth-order valence-electron chi connectivity index (χ4n) is 4.52. The van der Waals surface area contributed by atoms with Gasteiger partial charge in [-0.1, -0.05) is 33.6 Å². The van der Waals surface area contributed by atoms with E-state index in [9.17, 15) is 0 Å². The van der Waals surface area contributed by atoms with E-state index in [4.69, 9.17) is 5.73 Å². The van der Waals surface area contributed by atoms with Gasteiger partial charge < -0.3 is 5.73 Å². The lowest BCUT2D eigenvalue weighted by atomic mass is 9.62. The summed E-state index contributed by atoms with van der Waals surface area (Å²) in [7, 11) is 0. The average molecular weight is 223 g/mol. The van der Waals surface area contributed by atoms with Crippen molar-refractivity contribution in [2.24, 2.45) is 29.4 Å². The van der Waals surface area contributed by atoms with Crippen molar-refractivity contribution in [3.8, 4) is 0 Å². The predicted octanol–water partition coefficient (Wildman–Crippen LogP) is 3.97. The van der Waals surface area contributed by atoms with Crippen LogP contribution in [0, 0.1) is 23.7 Å². The standard InChI is InChI=1S/C15H29N/c1-11-5-4-6-14(8-11)15(16)9-12(2)7-13(3)10-15/h11-14H,4-10,16H2,1-3H3. The topological polar surface area (TPSA) is 26.0 Å². The Morgan fingerprint density at radius 3 is 2.06 bits per heavy atom. The van der Waals surface area contributed by atoms with Gasteiger partial charge in [-0.15, -0.1) is 0 Å². The van der Waals surface area contributed by atoms with E-state index in [1.165, 1.54) is 44.9 Å². The van der Waals surface area contributed by atoms with Gasteiger partial charge in [0.15, 0.2) is 0 Å². The number of hydrogen-bond acceptors (Lipinski definition) is 1. The summed E-state index contributed by atoms with van der Waals surface area (Å²) in [4.78, 5) is 0. The molecule has 0 aromatic carbocycles. The Balaban J connectivity index is 2.04. The van der Waals surface area contributed by atoms with Crippen LogP contribution >= 0.6 is 0 Å². The molecule has 0 radical (unpaired) electrons. The average Bonchev–Trinajstić information content (AvgIpc) is 2.15. The van der Waals surface area contributed by atoms with Crippen molar-refractivity contribution in [2.45, 2.75) is 71.3 Å². The van der Waals surface area contributed by atoms with E-state index in [1.807, 2.05) is 0 Å². The molecule has 0 heterocycles. The van der Waals surface area contributed by atoms with Gasteiger partial charge in [0.05, 0.1) is 0 Å². The molecule has 1 heteroatoms. The molecule has 2 aliphatic carbocycles. The van der Waals surface area contributed by atoms with Crippen LogP contribution in [0.5, 0.6) is 0 Å². The molecular formula is C15H29N. The second-order valence-electron chi connectivity index (χ2n) is 7.06. The molecule has 0 saturated heterocycles. The van der Waals surface area contributed by atoms with Gasteiger partial charge in [-0.2, -0.15) is 0 Å². The van der Waals surface area contributed by atoms with Crippen molar-refractivity contribution < 1.29 is 0 Å². The number of hydrogen-bond donors (Lipinski definition) is 1. The molecule has 2 fully saturated rings. The Morgan fingerprint density at radius 1 is 0.875 bits per heavy atom. The molecule has 0 bridgehead atoms. The van der Waals surface area contributed by atoms with Gasteiger partial charge >= 0.3 is 0 Å². The molecule has 2 aliphatic rings. The normalized spacial score (nSPS) is 50.2. The van der Waals surface area contributed by atoms with E-state index in [0.29, 0.717) is 0 Å². The third-order valence-corrected chi connectivity index (χ3v) is 5.01. The zero-order valence-corrected chi connectivity index (χ0v) is 11.3. The van der Waals surface area contributed by atoms with E-state index < -0.39 is 0 Å². The lowest BCUT2D eigenvalue weighted by molar-refractivity contribution is 0.0846. The molecule has 16 heavy (non-hydrogen) atoms. The van der Waals surface area contributed by atoms with Crippen LogP contribution in [0.15, 0.2) is 0 Å². The third-order valence-electron chi connectivity index (χ3n) is 5.01. The van der Waals surface area contributed by atoms with Gasteiger partial charge in [0.1, 0.15) is 0 Å². The zero-order valence-electron chi connectivity index (χ0n) is 11.3. The van der Waals surface area contributed by atoms with Gasteiger partial charge in [-0.3, -0.25) is 0 Å². The minimum atomic E-state index is 0.172. The maximum Gasteiger partial charge on any atom is 0.0188 e. The Labute approximate surface area is 101 Å². The van der Waals surface area contributed by atoms with Crippen molar-refractivity contribution in [1.82, 2.24) is 0 Å². The van der Waals surface area contributed by atoms with Gasteiger partial charge in [0, 0.05) is 5.54 Å². The molecule has 2 saturated carbocycles. The number of nitrogens with two attached hydrogens (primary N) is 1. The van der Waals surface area contributed by atoms with Crippen molar-refractivity contribution in [3.05, 3.63) is 0 Å². The fourth-order valence-corrected chi connectivity index (χ4v) is 4.52. The van der Waals surface area contributed by atoms with Crippen molar-refractivity contribution in [1.29, 1.82) is 0 Å². The van der Waals surface area contributed by atoms with Gasteiger partial charge in [0.2, 0.25) is 0 Å². The van der Waals surface area contributed by atoms with Crippen LogP contribution in [0.1, 0.15) is 65.7 Å². The van der Waals surface area contributed by atoms with E-state index in [-0.39, 0.29) is 5.54 Å². The molecule has 1 nitrogen and oxygen atoms in total. The first-order chi connectivity index (χ1) is 7.49. The first-order valence-electron chi connectivity index (χ1n) is 7.28. The van der Waals surface area contributed by atoms with Crippen LogP contribution < -0.4 is 5.73 Å². The maximum absolute atomic E-state index is 6.78. The van der Waals surface area contributed by atoms with Crippen molar-refractivity contribution >= 4 is 0 Å². The fraction of sp³-hybridized carbons (Fsp3) is 1.00. The largest absolute Gasteiger partial charge is 0.325 e. The first kappa shape index (κ1) is 12.4. The molecule has 2 N–H and O–H groups in total. The molecule has 0 aliphatic heterocycles. The minimum Gasteiger partial charge on any atom is -0.325 e. The zero-order chi connectivity index (χ0) is 11.8. The van der Waals surface area contributed by atoms with Gasteiger partial charge in [0.25, 0.3) is 0 Å². The number of rotatable bonds is 1. The van der Waals surface area contributed by atoms with Crippen molar-refractivity contribution in [3.63, 3.8) is 0 Å². The highest BCUT2D eigenvalue weighted by atomic mass is 14.8. The van der Waals surface area contributed by atoms with Crippen molar-refractivity contribution in [2.75, 3.05) is 0 Å². The monoisotopic (exact) mass is 223 g/mol. The van der Waals surface area contributed by atoms with Crippen LogP contribution in [0.3, 0.4) is 0 Å². The molecule has 0 aromatic rings. The second kappa shape index (κ2) is 4.68. The molecule has 94 valence electrons. The Hall–Kier alpha value is -0.0400. The maximum atomic E-state index is 6.78. The van der Waals surface area contributed by atoms with Crippen LogP contribution in [0.25, 0.3) is 0 Å². The van der Waals surface area contributed by atoms with Gasteiger partial charge in [-0.25, -0.2) is 0 Å². The smallest absolute Gasteiger partial charge is 0.0188 e. The Kier molecular flexibility index (Phi) is 3.63. The summed E-state index contributed by atoms with van der Waals surface area (Å²) in [5, 5.41) is 0. The minimum absolute atomic E-state index is 0.172. The molecule has 4 unspecified atom stereocenters. The lowest BCUT2D eigenvalue weighted by Crippen LogP contribution is -2.53. The van der Waals surface area contributed by atoms with Crippen LogP contribution in [-0.2, 0) is 0 Å². The van der Waals surface area contributed by atoms with Gasteiger partial charge in [-0.05, 0) is 55.8 Å². The summed E-state index contributed by atoms with van der Waals surface area (Å²) in [6.07, 6.45) is 9.55. The highest BCUT2D eigenvalue weighted by Gasteiger charge is 2.41.